The Morgan fingerprint density at radius 1 is 1.58 bits per heavy atom. The summed E-state index contributed by atoms with van der Waals surface area (Å²) in [5, 5.41) is 8.60. The second-order valence-electron chi connectivity index (χ2n) is 2.37. The first-order valence-corrected chi connectivity index (χ1v) is 3.70. The van der Waals surface area contributed by atoms with Crippen LogP contribution < -0.4 is 0 Å². The summed E-state index contributed by atoms with van der Waals surface area (Å²) in [6.07, 6.45) is 0. The zero-order valence-corrected chi connectivity index (χ0v) is 7.23. The molecule has 0 bridgehead atoms. The Bertz CT molecular complexity index is 336. The molecule has 1 aromatic carbocycles. The van der Waals surface area contributed by atoms with Crippen LogP contribution in [0.4, 0.5) is 4.39 Å². The van der Waals surface area contributed by atoms with Crippen molar-refractivity contribution >= 4 is 18.6 Å². The predicted octanol–water partition coefficient (Wildman–Crippen LogP) is 2.12. The van der Waals surface area contributed by atoms with E-state index in [0.29, 0.717) is 10.5 Å². The maximum Gasteiger partial charge on any atom is 0.338 e. The van der Waals surface area contributed by atoms with Gasteiger partial charge in [-0.05, 0) is 24.6 Å². The smallest absolute Gasteiger partial charge is 0.338 e. The molecule has 0 aromatic heterocycles. The molecule has 0 fully saturated rings. The number of aromatic carboxylic acids is 1. The lowest BCUT2D eigenvalue weighted by Gasteiger charge is -2.03. The standard InChI is InChI=1S/C8H7FO2S/c1-4-6(12)3-2-5(9)7(4)8(10)11/h2-3,12H,1H3,(H,10,11). The molecule has 0 spiro atoms. The lowest BCUT2D eigenvalue weighted by Crippen LogP contribution is -2.03. The first-order valence-electron chi connectivity index (χ1n) is 3.25. The second kappa shape index (κ2) is 3.15. The van der Waals surface area contributed by atoms with Gasteiger partial charge < -0.3 is 5.11 Å². The van der Waals surface area contributed by atoms with Gasteiger partial charge in [-0.3, -0.25) is 0 Å². The monoisotopic (exact) mass is 186 g/mol. The third-order valence-corrected chi connectivity index (χ3v) is 2.08. The Morgan fingerprint density at radius 2 is 2.17 bits per heavy atom. The molecule has 1 N–H and O–H groups in total. The quantitative estimate of drug-likeness (QED) is 0.659. The molecular weight excluding hydrogens is 179 g/mol. The number of carbonyl (C=O) groups is 1. The van der Waals surface area contributed by atoms with Crippen molar-refractivity contribution in [3.63, 3.8) is 0 Å². The van der Waals surface area contributed by atoms with E-state index in [0.717, 1.165) is 6.07 Å². The molecule has 0 heterocycles. The number of benzene rings is 1. The van der Waals surface area contributed by atoms with E-state index in [9.17, 15) is 9.18 Å². The van der Waals surface area contributed by atoms with Crippen molar-refractivity contribution in [2.45, 2.75) is 11.8 Å². The Hall–Kier alpha value is -1.03. The first kappa shape index (κ1) is 9.06. The van der Waals surface area contributed by atoms with Crippen molar-refractivity contribution in [2.75, 3.05) is 0 Å². The van der Waals surface area contributed by atoms with Crippen LogP contribution in [0.25, 0.3) is 0 Å². The summed E-state index contributed by atoms with van der Waals surface area (Å²) in [5.41, 5.74) is 0.0494. The molecule has 0 unspecified atom stereocenters. The van der Waals surface area contributed by atoms with Gasteiger partial charge in [-0.25, -0.2) is 9.18 Å². The van der Waals surface area contributed by atoms with E-state index in [-0.39, 0.29) is 5.56 Å². The Morgan fingerprint density at radius 3 is 2.58 bits per heavy atom. The Kier molecular flexibility index (Phi) is 2.38. The molecule has 1 rings (SSSR count). The van der Waals surface area contributed by atoms with E-state index in [1.165, 1.54) is 13.0 Å². The minimum atomic E-state index is -1.26. The summed E-state index contributed by atoms with van der Waals surface area (Å²) in [5.74, 6) is -1.99. The maximum absolute atomic E-state index is 12.9. The number of rotatable bonds is 1. The number of thiol groups is 1. The van der Waals surface area contributed by atoms with Gasteiger partial charge in [-0.15, -0.1) is 12.6 Å². The zero-order valence-electron chi connectivity index (χ0n) is 6.34. The van der Waals surface area contributed by atoms with Crippen molar-refractivity contribution in [1.29, 1.82) is 0 Å². The number of carboxylic acid groups (broad SMARTS) is 1. The van der Waals surface area contributed by atoms with Crippen molar-refractivity contribution in [2.24, 2.45) is 0 Å². The Labute approximate surface area is 74.4 Å². The third kappa shape index (κ3) is 1.43. The normalized spacial score (nSPS) is 9.92. The molecule has 0 aliphatic carbocycles. The largest absolute Gasteiger partial charge is 0.478 e. The predicted molar refractivity (Wildman–Crippen MR) is 45.3 cm³/mol. The molecule has 0 saturated heterocycles. The van der Waals surface area contributed by atoms with Crippen LogP contribution in [0.5, 0.6) is 0 Å². The zero-order chi connectivity index (χ0) is 9.30. The van der Waals surface area contributed by atoms with Crippen LogP contribution >= 0.6 is 12.6 Å². The van der Waals surface area contributed by atoms with E-state index < -0.39 is 11.8 Å². The molecule has 12 heavy (non-hydrogen) atoms. The van der Waals surface area contributed by atoms with Gasteiger partial charge >= 0.3 is 5.97 Å². The maximum atomic E-state index is 12.9. The second-order valence-corrected chi connectivity index (χ2v) is 2.85. The molecule has 0 aliphatic rings. The van der Waals surface area contributed by atoms with Crippen LogP contribution in [-0.4, -0.2) is 11.1 Å². The number of hydrogen-bond acceptors (Lipinski definition) is 2. The van der Waals surface area contributed by atoms with Crippen molar-refractivity contribution in [1.82, 2.24) is 0 Å². The van der Waals surface area contributed by atoms with Gasteiger partial charge in [0, 0.05) is 4.90 Å². The number of halogens is 1. The van der Waals surface area contributed by atoms with Gasteiger partial charge in [0.05, 0.1) is 5.56 Å². The van der Waals surface area contributed by atoms with Crippen LogP contribution in [0.3, 0.4) is 0 Å². The summed E-state index contributed by atoms with van der Waals surface area (Å²) in [6, 6.07) is 2.53. The van der Waals surface area contributed by atoms with Crippen LogP contribution in [0.2, 0.25) is 0 Å². The average Bonchev–Trinajstić information content (AvgIpc) is 1.97. The van der Waals surface area contributed by atoms with Gasteiger partial charge in [-0.1, -0.05) is 0 Å². The molecule has 1 aromatic rings. The fourth-order valence-corrected chi connectivity index (χ4v) is 1.12. The summed E-state index contributed by atoms with van der Waals surface area (Å²) in [4.78, 5) is 11.0. The molecule has 0 radical (unpaired) electrons. The minimum absolute atomic E-state index is 0.303. The molecule has 0 amide bonds. The minimum Gasteiger partial charge on any atom is -0.478 e. The van der Waals surface area contributed by atoms with Crippen LogP contribution in [-0.2, 0) is 0 Å². The van der Waals surface area contributed by atoms with Crippen molar-refractivity contribution in [3.8, 4) is 0 Å². The van der Waals surface area contributed by atoms with Crippen LogP contribution in [0, 0.1) is 12.7 Å². The van der Waals surface area contributed by atoms with Crippen molar-refractivity contribution in [3.05, 3.63) is 29.1 Å². The highest BCUT2D eigenvalue weighted by molar-refractivity contribution is 7.80. The van der Waals surface area contributed by atoms with E-state index in [1.807, 2.05) is 0 Å². The molecule has 64 valence electrons. The fourth-order valence-electron chi connectivity index (χ4n) is 0.930. The van der Waals surface area contributed by atoms with Crippen LogP contribution in [0.1, 0.15) is 15.9 Å². The lowest BCUT2D eigenvalue weighted by atomic mass is 10.1. The molecule has 0 atom stereocenters. The topological polar surface area (TPSA) is 37.3 Å². The molecular formula is C8H7FO2S. The van der Waals surface area contributed by atoms with Crippen LogP contribution in [0.15, 0.2) is 17.0 Å². The highest BCUT2D eigenvalue weighted by Crippen LogP contribution is 2.20. The molecule has 4 heteroatoms. The molecule has 2 nitrogen and oxygen atoms in total. The van der Waals surface area contributed by atoms with Crippen molar-refractivity contribution < 1.29 is 14.3 Å². The summed E-state index contributed by atoms with van der Waals surface area (Å²) >= 11 is 3.98. The highest BCUT2D eigenvalue weighted by atomic mass is 32.1. The SMILES string of the molecule is Cc1c(S)ccc(F)c1C(=O)O. The summed E-state index contributed by atoms with van der Waals surface area (Å²) < 4.78 is 12.9. The van der Waals surface area contributed by atoms with E-state index in [2.05, 4.69) is 12.6 Å². The Balaban J connectivity index is 3.43. The van der Waals surface area contributed by atoms with Gasteiger partial charge in [0.15, 0.2) is 0 Å². The lowest BCUT2D eigenvalue weighted by molar-refractivity contribution is 0.0690. The van der Waals surface area contributed by atoms with Gasteiger partial charge in [0.2, 0.25) is 0 Å². The number of carboxylic acids is 1. The van der Waals surface area contributed by atoms with E-state index in [4.69, 9.17) is 5.11 Å². The summed E-state index contributed by atoms with van der Waals surface area (Å²) in [7, 11) is 0. The number of hydrogen-bond donors (Lipinski definition) is 2. The fraction of sp³-hybridized carbons (Fsp3) is 0.125. The van der Waals surface area contributed by atoms with Gasteiger partial charge in [0.25, 0.3) is 0 Å². The van der Waals surface area contributed by atoms with E-state index >= 15 is 0 Å². The molecule has 0 saturated carbocycles. The van der Waals surface area contributed by atoms with E-state index in [1.54, 1.807) is 0 Å². The highest BCUT2D eigenvalue weighted by Gasteiger charge is 2.14. The van der Waals surface area contributed by atoms with Gasteiger partial charge in [-0.2, -0.15) is 0 Å². The first-order chi connectivity index (χ1) is 5.54. The van der Waals surface area contributed by atoms with Gasteiger partial charge in [0.1, 0.15) is 5.82 Å². The molecule has 0 aliphatic heterocycles. The third-order valence-electron chi connectivity index (χ3n) is 1.60. The summed E-state index contributed by atoms with van der Waals surface area (Å²) in [6.45, 7) is 1.52. The average molecular weight is 186 g/mol.